The van der Waals surface area contributed by atoms with Gasteiger partial charge in [-0.2, -0.15) is 0 Å². The first kappa shape index (κ1) is 12.6. The highest BCUT2D eigenvalue weighted by Gasteiger charge is 2.21. The largest absolute Gasteiger partial charge is 0.316 e. The summed E-state index contributed by atoms with van der Waals surface area (Å²) in [6.45, 7) is 6.37. The molecule has 1 aromatic heterocycles. The van der Waals surface area contributed by atoms with Crippen LogP contribution in [0.4, 0.5) is 0 Å². The normalized spacial score (nSPS) is 19.4. The van der Waals surface area contributed by atoms with Gasteiger partial charge < -0.3 is 9.88 Å². The van der Waals surface area contributed by atoms with E-state index in [1.165, 1.54) is 32.1 Å². The maximum absolute atomic E-state index is 4.32. The lowest BCUT2D eigenvalue weighted by Crippen LogP contribution is -2.23. The number of hydrogen-bond acceptors (Lipinski definition) is 3. The van der Waals surface area contributed by atoms with Crippen molar-refractivity contribution < 1.29 is 0 Å². The summed E-state index contributed by atoms with van der Waals surface area (Å²) in [6, 6.07) is 0.637. The third-order valence-electron chi connectivity index (χ3n) is 3.71. The van der Waals surface area contributed by atoms with Crippen LogP contribution in [0, 0.1) is 0 Å². The molecule has 0 amide bonds. The summed E-state index contributed by atoms with van der Waals surface area (Å²) in [4.78, 5) is 0. The zero-order chi connectivity index (χ0) is 12.1. The molecule has 0 aromatic carbocycles. The van der Waals surface area contributed by atoms with E-state index < -0.39 is 0 Å². The molecule has 1 aliphatic carbocycles. The second kappa shape index (κ2) is 6.15. The third kappa shape index (κ3) is 3.06. The van der Waals surface area contributed by atoms with E-state index in [1.807, 2.05) is 6.33 Å². The van der Waals surface area contributed by atoms with Crippen LogP contribution in [0.5, 0.6) is 0 Å². The number of likely N-dealkylation sites (N-methyl/N-ethyl adjacent to an activating group) is 1. The van der Waals surface area contributed by atoms with E-state index >= 15 is 0 Å². The number of aromatic nitrogens is 3. The molecule has 96 valence electrons. The van der Waals surface area contributed by atoms with Crippen LogP contribution in [0.25, 0.3) is 0 Å². The Bertz CT molecular complexity index is 328. The van der Waals surface area contributed by atoms with Crippen LogP contribution in [0.2, 0.25) is 0 Å². The molecule has 2 rings (SSSR count). The van der Waals surface area contributed by atoms with Crippen LogP contribution >= 0.6 is 0 Å². The molecule has 1 aliphatic rings. The summed E-state index contributed by atoms with van der Waals surface area (Å²) in [6.07, 6.45) is 8.60. The standard InChI is InChI=1S/C13H24N4/c1-3-14-9-11(2)13-16-15-10-17(13)12-7-5-4-6-8-12/h10-12,14H,3-9H2,1-2H3. The van der Waals surface area contributed by atoms with Gasteiger partial charge in [-0.15, -0.1) is 10.2 Å². The van der Waals surface area contributed by atoms with E-state index in [1.54, 1.807) is 0 Å². The van der Waals surface area contributed by atoms with Gasteiger partial charge in [-0.05, 0) is 19.4 Å². The summed E-state index contributed by atoms with van der Waals surface area (Å²) in [5.74, 6) is 1.59. The third-order valence-corrected chi connectivity index (χ3v) is 3.71. The molecular weight excluding hydrogens is 212 g/mol. The molecule has 0 saturated heterocycles. The monoisotopic (exact) mass is 236 g/mol. The van der Waals surface area contributed by atoms with Crippen LogP contribution in [0.1, 0.15) is 63.7 Å². The molecule has 1 atom stereocenters. The van der Waals surface area contributed by atoms with E-state index in [0.29, 0.717) is 12.0 Å². The van der Waals surface area contributed by atoms with Crippen molar-refractivity contribution >= 4 is 0 Å². The second-order valence-electron chi connectivity index (χ2n) is 5.10. The van der Waals surface area contributed by atoms with Gasteiger partial charge in [0.1, 0.15) is 12.2 Å². The van der Waals surface area contributed by atoms with Crippen molar-refractivity contribution in [2.45, 2.75) is 57.9 Å². The Hall–Kier alpha value is -0.900. The average Bonchev–Trinajstić information content (AvgIpc) is 2.86. The maximum Gasteiger partial charge on any atom is 0.137 e. The van der Waals surface area contributed by atoms with E-state index in [9.17, 15) is 0 Å². The van der Waals surface area contributed by atoms with E-state index in [4.69, 9.17) is 0 Å². The van der Waals surface area contributed by atoms with Gasteiger partial charge in [0, 0.05) is 18.5 Å². The first-order valence-corrected chi connectivity index (χ1v) is 6.93. The minimum atomic E-state index is 0.444. The van der Waals surface area contributed by atoms with Crippen molar-refractivity contribution in [3.63, 3.8) is 0 Å². The first-order valence-electron chi connectivity index (χ1n) is 6.93. The SMILES string of the molecule is CCNCC(C)c1nncn1C1CCCCC1. The molecule has 4 nitrogen and oxygen atoms in total. The molecular formula is C13H24N4. The first-order chi connectivity index (χ1) is 8.33. The topological polar surface area (TPSA) is 42.7 Å². The lowest BCUT2D eigenvalue weighted by molar-refractivity contribution is 0.340. The summed E-state index contributed by atoms with van der Waals surface area (Å²) >= 11 is 0. The Kier molecular flexibility index (Phi) is 4.54. The van der Waals surface area contributed by atoms with Crippen molar-refractivity contribution in [3.8, 4) is 0 Å². The summed E-state index contributed by atoms with van der Waals surface area (Å²) in [5.41, 5.74) is 0. The summed E-state index contributed by atoms with van der Waals surface area (Å²) in [7, 11) is 0. The molecule has 1 aromatic rings. The summed E-state index contributed by atoms with van der Waals surface area (Å²) < 4.78 is 2.32. The molecule has 0 spiro atoms. The molecule has 1 heterocycles. The molecule has 0 radical (unpaired) electrons. The molecule has 1 N–H and O–H groups in total. The van der Waals surface area contributed by atoms with E-state index in [0.717, 1.165) is 18.9 Å². The minimum absolute atomic E-state index is 0.444. The zero-order valence-corrected chi connectivity index (χ0v) is 11.0. The van der Waals surface area contributed by atoms with Crippen LogP contribution in [0.3, 0.4) is 0 Å². The lowest BCUT2D eigenvalue weighted by Gasteiger charge is -2.25. The smallest absolute Gasteiger partial charge is 0.137 e. The quantitative estimate of drug-likeness (QED) is 0.854. The Labute approximate surface area is 104 Å². The Morgan fingerprint density at radius 3 is 2.88 bits per heavy atom. The van der Waals surface area contributed by atoms with Crippen molar-refractivity contribution in [2.75, 3.05) is 13.1 Å². The van der Waals surface area contributed by atoms with Gasteiger partial charge in [0.15, 0.2) is 0 Å². The number of hydrogen-bond donors (Lipinski definition) is 1. The van der Waals surface area contributed by atoms with Crippen molar-refractivity contribution in [3.05, 3.63) is 12.2 Å². The molecule has 1 unspecified atom stereocenters. The van der Waals surface area contributed by atoms with Crippen molar-refractivity contribution in [2.24, 2.45) is 0 Å². The van der Waals surface area contributed by atoms with E-state index in [2.05, 4.69) is 33.9 Å². The van der Waals surface area contributed by atoms with Gasteiger partial charge in [0.2, 0.25) is 0 Å². The highest BCUT2D eigenvalue weighted by atomic mass is 15.3. The molecule has 4 heteroatoms. The molecule has 0 bridgehead atoms. The van der Waals surface area contributed by atoms with Crippen LogP contribution < -0.4 is 5.32 Å². The maximum atomic E-state index is 4.32. The van der Waals surface area contributed by atoms with Gasteiger partial charge in [0.25, 0.3) is 0 Å². The molecule has 1 fully saturated rings. The number of nitrogens with zero attached hydrogens (tertiary/aromatic N) is 3. The van der Waals surface area contributed by atoms with Crippen molar-refractivity contribution in [1.82, 2.24) is 20.1 Å². The average molecular weight is 236 g/mol. The van der Waals surface area contributed by atoms with Crippen molar-refractivity contribution in [1.29, 1.82) is 0 Å². The second-order valence-corrected chi connectivity index (χ2v) is 5.10. The Morgan fingerprint density at radius 2 is 2.18 bits per heavy atom. The molecule has 17 heavy (non-hydrogen) atoms. The predicted octanol–water partition coefficient (Wildman–Crippen LogP) is 2.50. The van der Waals surface area contributed by atoms with Gasteiger partial charge in [-0.1, -0.05) is 33.1 Å². The van der Waals surface area contributed by atoms with Gasteiger partial charge >= 0.3 is 0 Å². The fourth-order valence-electron chi connectivity index (χ4n) is 2.70. The van der Waals surface area contributed by atoms with Gasteiger partial charge in [-0.25, -0.2) is 0 Å². The van der Waals surface area contributed by atoms with Gasteiger partial charge in [-0.3, -0.25) is 0 Å². The highest BCUT2D eigenvalue weighted by molar-refractivity contribution is 4.98. The zero-order valence-electron chi connectivity index (χ0n) is 11.0. The van der Waals surface area contributed by atoms with Crippen LogP contribution in [-0.4, -0.2) is 27.9 Å². The fraction of sp³-hybridized carbons (Fsp3) is 0.846. The minimum Gasteiger partial charge on any atom is -0.316 e. The fourth-order valence-corrected chi connectivity index (χ4v) is 2.70. The number of rotatable bonds is 5. The lowest BCUT2D eigenvalue weighted by atomic mass is 9.95. The Morgan fingerprint density at radius 1 is 1.41 bits per heavy atom. The molecule has 0 aliphatic heterocycles. The highest BCUT2D eigenvalue weighted by Crippen LogP contribution is 2.29. The predicted molar refractivity (Wildman–Crippen MR) is 69.1 cm³/mol. The van der Waals surface area contributed by atoms with Gasteiger partial charge in [0.05, 0.1) is 0 Å². The van der Waals surface area contributed by atoms with E-state index in [-0.39, 0.29) is 0 Å². The molecule has 1 saturated carbocycles. The van der Waals surface area contributed by atoms with Crippen LogP contribution in [-0.2, 0) is 0 Å². The number of nitrogens with one attached hydrogen (secondary N) is 1. The Balaban J connectivity index is 2.04. The van der Waals surface area contributed by atoms with Crippen LogP contribution in [0.15, 0.2) is 6.33 Å². The summed E-state index contributed by atoms with van der Waals surface area (Å²) in [5, 5.41) is 11.8.